The number of nitrogens with zero attached hydrogens (tertiary/aromatic N) is 6. The van der Waals surface area contributed by atoms with Gasteiger partial charge in [-0.05, 0) is 24.3 Å². The van der Waals surface area contributed by atoms with Gasteiger partial charge in [-0.25, -0.2) is 13.1 Å². The van der Waals surface area contributed by atoms with Gasteiger partial charge < -0.3 is 4.90 Å². The van der Waals surface area contributed by atoms with Gasteiger partial charge in [-0.2, -0.15) is 9.57 Å². The molecule has 1 fully saturated rings. The van der Waals surface area contributed by atoms with Crippen molar-refractivity contribution in [2.45, 2.75) is 10.9 Å². The Kier molecular flexibility index (Phi) is 4.28. The maximum absolute atomic E-state index is 12.5. The highest BCUT2D eigenvalue weighted by atomic mass is 32.2. The Morgan fingerprint density at radius 3 is 2.48 bits per heavy atom. The zero-order valence-electron chi connectivity index (χ0n) is 13.7. The number of aromatic nitrogens is 3. The molecule has 2 heterocycles. The third-order valence-electron chi connectivity index (χ3n) is 3.96. The summed E-state index contributed by atoms with van der Waals surface area (Å²) in [6.07, 6.45) is 1.53. The van der Waals surface area contributed by atoms with Crippen molar-refractivity contribution in [1.82, 2.24) is 24.2 Å². The molecule has 130 valence electrons. The molecular weight excluding hydrogens is 344 g/mol. The Morgan fingerprint density at radius 1 is 1.28 bits per heavy atom. The Morgan fingerprint density at radius 2 is 1.92 bits per heavy atom. The molecule has 0 spiro atoms. The number of nitriles is 1. The minimum Gasteiger partial charge on any atom is -0.343 e. The van der Waals surface area contributed by atoms with Crippen molar-refractivity contribution in [2.75, 3.05) is 27.2 Å². The van der Waals surface area contributed by atoms with E-state index < -0.39 is 10.0 Å². The normalized spacial score (nSPS) is 15.4. The smallest absolute Gasteiger partial charge is 0.275 e. The second-order valence-corrected chi connectivity index (χ2v) is 7.83. The van der Waals surface area contributed by atoms with Crippen molar-refractivity contribution in [3.8, 4) is 6.07 Å². The minimum atomic E-state index is -3.60. The zero-order chi connectivity index (χ0) is 18.2. The third-order valence-corrected chi connectivity index (χ3v) is 5.81. The molecule has 0 bridgehead atoms. The molecule has 0 aliphatic carbocycles. The molecule has 1 aliphatic rings. The largest absolute Gasteiger partial charge is 0.343 e. The average Bonchev–Trinajstić information content (AvgIpc) is 3.01. The van der Waals surface area contributed by atoms with Crippen LogP contribution in [0.3, 0.4) is 0 Å². The topological polar surface area (TPSA) is 112 Å². The van der Waals surface area contributed by atoms with Gasteiger partial charge in [0.05, 0.1) is 28.8 Å². The summed E-state index contributed by atoms with van der Waals surface area (Å²) >= 11 is 0. The molecule has 0 N–H and O–H groups in total. The lowest BCUT2D eigenvalue weighted by Gasteiger charge is -2.37. The SMILES string of the molecule is CN(C)C(=O)c1cn(C2CN(S(=O)(=O)c3ccc(C#N)cc3)C2)nn1. The number of carbonyl (C=O) groups is 1. The molecule has 10 heteroatoms. The number of hydrogen-bond donors (Lipinski definition) is 0. The van der Waals surface area contributed by atoms with Crippen LogP contribution < -0.4 is 0 Å². The first-order valence-electron chi connectivity index (χ1n) is 7.46. The summed E-state index contributed by atoms with van der Waals surface area (Å²) in [5.74, 6) is -0.257. The average molecular weight is 360 g/mol. The number of hydrogen-bond acceptors (Lipinski definition) is 6. The molecule has 0 unspecified atom stereocenters. The lowest BCUT2D eigenvalue weighted by atomic mass is 10.2. The molecule has 0 saturated carbocycles. The van der Waals surface area contributed by atoms with Gasteiger partial charge in [0.25, 0.3) is 5.91 Å². The van der Waals surface area contributed by atoms with Crippen molar-refractivity contribution in [3.05, 3.63) is 41.7 Å². The molecule has 0 atom stereocenters. The van der Waals surface area contributed by atoms with Gasteiger partial charge in [-0.15, -0.1) is 5.10 Å². The highest BCUT2D eigenvalue weighted by Gasteiger charge is 2.38. The molecule has 1 aromatic heterocycles. The highest BCUT2D eigenvalue weighted by molar-refractivity contribution is 7.89. The van der Waals surface area contributed by atoms with Gasteiger partial charge in [0.1, 0.15) is 0 Å². The van der Waals surface area contributed by atoms with Crippen molar-refractivity contribution in [3.63, 3.8) is 0 Å². The van der Waals surface area contributed by atoms with E-state index in [-0.39, 0.29) is 35.6 Å². The van der Waals surface area contributed by atoms with E-state index in [2.05, 4.69) is 10.3 Å². The fraction of sp³-hybridized carbons (Fsp3) is 0.333. The van der Waals surface area contributed by atoms with E-state index in [0.29, 0.717) is 5.56 Å². The van der Waals surface area contributed by atoms with E-state index in [0.717, 1.165) is 0 Å². The van der Waals surface area contributed by atoms with Crippen LogP contribution in [0.4, 0.5) is 0 Å². The van der Waals surface area contributed by atoms with Crippen LogP contribution >= 0.6 is 0 Å². The van der Waals surface area contributed by atoms with Crippen LogP contribution in [0.1, 0.15) is 22.1 Å². The molecule has 0 radical (unpaired) electrons. The molecule has 2 aromatic rings. The predicted octanol–water partition coefficient (Wildman–Crippen LogP) is 0.0972. The summed E-state index contributed by atoms with van der Waals surface area (Å²) < 4.78 is 27.9. The van der Waals surface area contributed by atoms with Crippen LogP contribution in [0, 0.1) is 11.3 Å². The van der Waals surface area contributed by atoms with Gasteiger partial charge in [0.2, 0.25) is 10.0 Å². The predicted molar refractivity (Wildman–Crippen MR) is 87.0 cm³/mol. The highest BCUT2D eigenvalue weighted by Crippen LogP contribution is 2.28. The number of amides is 1. The maximum atomic E-state index is 12.5. The van der Waals surface area contributed by atoms with E-state index in [4.69, 9.17) is 5.26 Å². The lowest BCUT2D eigenvalue weighted by Crippen LogP contribution is -2.50. The van der Waals surface area contributed by atoms with Gasteiger partial charge in [0, 0.05) is 27.2 Å². The number of sulfonamides is 1. The monoisotopic (exact) mass is 360 g/mol. The van der Waals surface area contributed by atoms with E-state index in [9.17, 15) is 13.2 Å². The first-order valence-corrected chi connectivity index (χ1v) is 8.90. The number of carbonyl (C=O) groups excluding carboxylic acids is 1. The summed E-state index contributed by atoms with van der Waals surface area (Å²) in [5.41, 5.74) is 0.625. The Hall–Kier alpha value is -2.77. The van der Waals surface area contributed by atoms with Crippen LogP contribution in [-0.2, 0) is 10.0 Å². The van der Waals surface area contributed by atoms with E-state index >= 15 is 0 Å². The summed E-state index contributed by atoms with van der Waals surface area (Å²) in [6, 6.07) is 7.58. The molecular formula is C15H16N6O3S. The fourth-order valence-electron chi connectivity index (χ4n) is 2.41. The standard InChI is InChI=1S/C15H16N6O3S/c1-19(2)15(22)14-10-21(18-17-14)12-8-20(9-12)25(23,24)13-5-3-11(7-16)4-6-13/h3-6,10,12H,8-9H2,1-2H3. The Bertz CT molecular complexity index is 936. The van der Waals surface area contributed by atoms with Crippen LogP contribution in [0.25, 0.3) is 0 Å². The van der Waals surface area contributed by atoms with Crippen LogP contribution in [-0.4, -0.2) is 65.7 Å². The molecule has 3 rings (SSSR count). The van der Waals surface area contributed by atoms with Crippen LogP contribution in [0.2, 0.25) is 0 Å². The van der Waals surface area contributed by atoms with Gasteiger partial charge in [-0.1, -0.05) is 5.21 Å². The van der Waals surface area contributed by atoms with Gasteiger partial charge in [-0.3, -0.25) is 4.79 Å². The van der Waals surface area contributed by atoms with E-state index in [1.165, 1.54) is 44.3 Å². The van der Waals surface area contributed by atoms with E-state index in [1.54, 1.807) is 14.1 Å². The first-order chi connectivity index (χ1) is 11.8. The van der Waals surface area contributed by atoms with Crippen molar-refractivity contribution in [2.24, 2.45) is 0 Å². The molecule has 1 saturated heterocycles. The van der Waals surface area contributed by atoms with Crippen LogP contribution in [0.15, 0.2) is 35.4 Å². The number of rotatable bonds is 4. The second kappa shape index (κ2) is 6.27. The Balaban J connectivity index is 1.69. The fourth-order valence-corrected chi connectivity index (χ4v) is 3.93. The summed E-state index contributed by atoms with van der Waals surface area (Å²) in [4.78, 5) is 13.4. The van der Waals surface area contributed by atoms with Crippen molar-refractivity contribution in [1.29, 1.82) is 5.26 Å². The zero-order valence-corrected chi connectivity index (χ0v) is 14.5. The molecule has 1 amide bonds. The van der Waals surface area contributed by atoms with Crippen molar-refractivity contribution >= 4 is 15.9 Å². The third kappa shape index (κ3) is 3.11. The lowest BCUT2D eigenvalue weighted by molar-refractivity contribution is 0.0821. The Labute approximate surface area is 145 Å². The molecule has 1 aliphatic heterocycles. The summed E-state index contributed by atoms with van der Waals surface area (Å²) in [6.45, 7) is 0.503. The van der Waals surface area contributed by atoms with Gasteiger partial charge in [0.15, 0.2) is 5.69 Å². The van der Waals surface area contributed by atoms with Crippen molar-refractivity contribution < 1.29 is 13.2 Å². The first kappa shape index (κ1) is 17.1. The van der Waals surface area contributed by atoms with Gasteiger partial charge >= 0.3 is 0 Å². The second-order valence-electron chi connectivity index (χ2n) is 5.90. The maximum Gasteiger partial charge on any atom is 0.275 e. The summed E-state index contributed by atoms with van der Waals surface area (Å²) in [7, 11) is -0.361. The minimum absolute atomic E-state index is 0.145. The number of benzene rings is 1. The van der Waals surface area contributed by atoms with E-state index in [1.807, 2.05) is 6.07 Å². The quantitative estimate of drug-likeness (QED) is 0.764. The molecule has 25 heavy (non-hydrogen) atoms. The molecule has 1 aromatic carbocycles. The summed E-state index contributed by atoms with van der Waals surface area (Å²) in [5, 5.41) is 16.5. The molecule has 9 nitrogen and oxygen atoms in total. The van der Waals surface area contributed by atoms with Crippen LogP contribution in [0.5, 0.6) is 0 Å².